The second-order valence-corrected chi connectivity index (χ2v) is 7.32. The molecule has 25 heavy (non-hydrogen) atoms. The van der Waals surface area contributed by atoms with Crippen molar-refractivity contribution in [1.82, 2.24) is 15.1 Å². The first-order valence-corrected chi connectivity index (χ1v) is 8.78. The molecule has 1 aromatic heterocycles. The molecule has 1 amide bonds. The van der Waals surface area contributed by atoms with E-state index in [-0.39, 0.29) is 18.9 Å². The molecule has 0 saturated heterocycles. The summed E-state index contributed by atoms with van der Waals surface area (Å²) in [7, 11) is 0. The average molecular weight is 343 g/mol. The maximum absolute atomic E-state index is 12.4. The van der Waals surface area contributed by atoms with Gasteiger partial charge in [0.15, 0.2) is 0 Å². The van der Waals surface area contributed by atoms with Crippen molar-refractivity contribution in [2.75, 3.05) is 6.54 Å². The molecule has 1 atom stereocenters. The van der Waals surface area contributed by atoms with Gasteiger partial charge in [0.1, 0.15) is 5.60 Å². The Labute approximate surface area is 150 Å². The summed E-state index contributed by atoms with van der Waals surface area (Å²) < 4.78 is 1.97. The number of carbonyl (C=O) groups is 1. The van der Waals surface area contributed by atoms with E-state index in [4.69, 9.17) is 0 Å². The van der Waals surface area contributed by atoms with Crippen molar-refractivity contribution in [2.45, 2.75) is 53.2 Å². The summed E-state index contributed by atoms with van der Waals surface area (Å²) in [5.41, 5.74) is 2.59. The van der Waals surface area contributed by atoms with Crippen LogP contribution >= 0.6 is 0 Å². The number of rotatable bonds is 7. The van der Waals surface area contributed by atoms with Gasteiger partial charge < -0.3 is 10.4 Å². The number of aliphatic hydroxyl groups is 1. The second kappa shape index (κ2) is 7.83. The first kappa shape index (κ1) is 19.2. The standard InChI is InChI=1S/C20H29N3O2/c1-14(2)12-23-16(4)18(15(3)22-23)11-19(24)21-13-20(5,25)17-9-7-6-8-10-17/h6-10,14,25H,11-13H2,1-5H3,(H,21,24). The summed E-state index contributed by atoms with van der Waals surface area (Å²) in [5, 5.41) is 18.0. The second-order valence-electron chi connectivity index (χ2n) is 7.32. The van der Waals surface area contributed by atoms with Gasteiger partial charge in [-0.25, -0.2) is 0 Å². The van der Waals surface area contributed by atoms with Gasteiger partial charge in [-0.15, -0.1) is 0 Å². The smallest absolute Gasteiger partial charge is 0.224 e. The van der Waals surface area contributed by atoms with E-state index in [1.807, 2.05) is 48.9 Å². The van der Waals surface area contributed by atoms with Crippen LogP contribution in [0.4, 0.5) is 0 Å². The number of aryl methyl sites for hydroxylation is 1. The summed E-state index contributed by atoms with van der Waals surface area (Å²) in [6.07, 6.45) is 0.278. The first-order chi connectivity index (χ1) is 11.7. The van der Waals surface area contributed by atoms with Crippen molar-refractivity contribution in [2.24, 2.45) is 5.92 Å². The predicted molar refractivity (Wildman–Crippen MR) is 99.3 cm³/mol. The van der Waals surface area contributed by atoms with Gasteiger partial charge in [0, 0.05) is 17.8 Å². The summed E-state index contributed by atoms with van der Waals surface area (Å²) >= 11 is 0. The molecule has 5 nitrogen and oxygen atoms in total. The lowest BCUT2D eigenvalue weighted by Gasteiger charge is -2.24. The minimum Gasteiger partial charge on any atom is -0.384 e. The van der Waals surface area contributed by atoms with Gasteiger partial charge in [-0.3, -0.25) is 9.48 Å². The normalized spacial score (nSPS) is 13.7. The molecule has 0 aliphatic carbocycles. The maximum atomic E-state index is 12.4. The summed E-state index contributed by atoms with van der Waals surface area (Å²) in [6, 6.07) is 9.37. The predicted octanol–water partition coefficient (Wildman–Crippen LogP) is 2.72. The minimum absolute atomic E-state index is 0.105. The Hall–Kier alpha value is -2.14. The van der Waals surface area contributed by atoms with Crippen LogP contribution in [0.25, 0.3) is 0 Å². The largest absolute Gasteiger partial charge is 0.384 e. The van der Waals surface area contributed by atoms with E-state index in [2.05, 4.69) is 24.3 Å². The summed E-state index contributed by atoms with van der Waals surface area (Å²) in [4.78, 5) is 12.4. The summed E-state index contributed by atoms with van der Waals surface area (Å²) in [6.45, 7) is 11.0. The highest BCUT2D eigenvalue weighted by Crippen LogP contribution is 2.19. The van der Waals surface area contributed by atoms with Crippen LogP contribution in [0.1, 0.15) is 43.3 Å². The molecule has 2 rings (SSSR count). The van der Waals surface area contributed by atoms with Gasteiger partial charge >= 0.3 is 0 Å². The van der Waals surface area contributed by atoms with Crippen molar-refractivity contribution in [3.05, 3.63) is 52.8 Å². The molecule has 2 aromatic rings. The van der Waals surface area contributed by atoms with Crippen LogP contribution in [0.15, 0.2) is 30.3 Å². The molecule has 0 bridgehead atoms. The molecule has 0 saturated carbocycles. The molecular weight excluding hydrogens is 314 g/mol. The number of nitrogens with zero attached hydrogens (tertiary/aromatic N) is 2. The SMILES string of the molecule is Cc1nn(CC(C)C)c(C)c1CC(=O)NCC(C)(O)c1ccccc1. The monoisotopic (exact) mass is 343 g/mol. The molecule has 0 aliphatic heterocycles. The van der Waals surface area contributed by atoms with Crippen LogP contribution in [0, 0.1) is 19.8 Å². The number of amides is 1. The van der Waals surface area contributed by atoms with Gasteiger partial charge in [-0.1, -0.05) is 44.2 Å². The van der Waals surface area contributed by atoms with Gasteiger partial charge in [0.05, 0.1) is 18.7 Å². The number of benzene rings is 1. The fraction of sp³-hybridized carbons (Fsp3) is 0.500. The molecule has 0 fully saturated rings. The lowest BCUT2D eigenvalue weighted by Crippen LogP contribution is -2.39. The summed E-state index contributed by atoms with van der Waals surface area (Å²) in [5.74, 6) is 0.396. The van der Waals surface area contributed by atoms with Crippen molar-refractivity contribution < 1.29 is 9.90 Å². The van der Waals surface area contributed by atoms with Gasteiger partial charge in [0.25, 0.3) is 0 Å². The third-order valence-corrected chi connectivity index (χ3v) is 4.43. The zero-order valence-corrected chi connectivity index (χ0v) is 15.8. The third kappa shape index (κ3) is 4.92. The molecule has 136 valence electrons. The zero-order chi connectivity index (χ0) is 18.6. The lowest BCUT2D eigenvalue weighted by molar-refractivity contribution is -0.121. The molecular formula is C20H29N3O2. The quantitative estimate of drug-likeness (QED) is 0.812. The fourth-order valence-corrected chi connectivity index (χ4v) is 2.91. The van der Waals surface area contributed by atoms with Crippen LogP contribution in [-0.4, -0.2) is 27.3 Å². The molecule has 1 heterocycles. The number of nitrogens with one attached hydrogen (secondary N) is 1. The number of hydrogen-bond donors (Lipinski definition) is 2. The molecule has 2 N–H and O–H groups in total. The number of carbonyl (C=O) groups excluding carboxylic acids is 1. The highest BCUT2D eigenvalue weighted by Gasteiger charge is 2.24. The highest BCUT2D eigenvalue weighted by molar-refractivity contribution is 5.79. The Bertz CT molecular complexity index is 718. The van der Waals surface area contributed by atoms with E-state index < -0.39 is 5.60 Å². The van der Waals surface area contributed by atoms with Crippen molar-refractivity contribution in [3.63, 3.8) is 0 Å². The first-order valence-electron chi connectivity index (χ1n) is 8.78. The Kier molecular flexibility index (Phi) is 6.01. The van der Waals surface area contributed by atoms with E-state index in [9.17, 15) is 9.90 Å². The van der Waals surface area contributed by atoms with Crippen molar-refractivity contribution >= 4 is 5.91 Å². The van der Waals surface area contributed by atoms with E-state index in [1.165, 1.54) is 0 Å². The van der Waals surface area contributed by atoms with Crippen molar-refractivity contribution in [1.29, 1.82) is 0 Å². The molecule has 1 unspecified atom stereocenters. The van der Waals surface area contributed by atoms with E-state index in [0.717, 1.165) is 29.1 Å². The Morgan fingerprint density at radius 1 is 1.28 bits per heavy atom. The van der Waals surface area contributed by atoms with E-state index in [1.54, 1.807) is 6.92 Å². The van der Waals surface area contributed by atoms with Gasteiger partial charge in [-0.2, -0.15) is 5.10 Å². The maximum Gasteiger partial charge on any atom is 0.224 e. The Balaban J connectivity index is 2.00. The van der Waals surface area contributed by atoms with Crippen molar-refractivity contribution in [3.8, 4) is 0 Å². The topological polar surface area (TPSA) is 67.2 Å². The zero-order valence-electron chi connectivity index (χ0n) is 15.8. The Morgan fingerprint density at radius 2 is 1.92 bits per heavy atom. The molecule has 1 aromatic carbocycles. The van der Waals surface area contributed by atoms with Crippen LogP contribution in [-0.2, 0) is 23.4 Å². The Morgan fingerprint density at radius 3 is 2.52 bits per heavy atom. The highest BCUT2D eigenvalue weighted by atomic mass is 16.3. The van der Waals surface area contributed by atoms with Gasteiger partial charge in [0.2, 0.25) is 5.91 Å². The van der Waals surface area contributed by atoms with Crippen LogP contribution < -0.4 is 5.32 Å². The molecule has 0 spiro atoms. The average Bonchev–Trinajstić information content (AvgIpc) is 2.81. The van der Waals surface area contributed by atoms with Crippen LogP contribution in [0.3, 0.4) is 0 Å². The van der Waals surface area contributed by atoms with Gasteiger partial charge in [-0.05, 0) is 32.3 Å². The third-order valence-electron chi connectivity index (χ3n) is 4.43. The number of hydrogen-bond acceptors (Lipinski definition) is 3. The fourth-order valence-electron chi connectivity index (χ4n) is 2.91. The minimum atomic E-state index is -1.09. The molecule has 5 heteroatoms. The molecule has 0 radical (unpaired) electrons. The van der Waals surface area contributed by atoms with Crippen LogP contribution in [0.2, 0.25) is 0 Å². The van der Waals surface area contributed by atoms with E-state index >= 15 is 0 Å². The molecule has 0 aliphatic rings. The number of aromatic nitrogens is 2. The lowest BCUT2D eigenvalue weighted by atomic mass is 9.96. The van der Waals surface area contributed by atoms with E-state index in [0.29, 0.717) is 5.92 Å². The van der Waals surface area contributed by atoms with Crippen LogP contribution in [0.5, 0.6) is 0 Å².